The minimum atomic E-state index is -3.08. The molecule has 3 atom stereocenters. The van der Waals surface area contributed by atoms with E-state index < -0.39 is 10.0 Å². The minimum absolute atomic E-state index is 0.347. The highest BCUT2D eigenvalue weighted by Crippen LogP contribution is 2.31. The number of nitrogens with zero attached hydrogens (tertiary/aromatic N) is 4. The van der Waals surface area contributed by atoms with Crippen LogP contribution in [0.15, 0.2) is 35.3 Å². The first-order valence-corrected chi connectivity index (χ1v) is 13.5. The van der Waals surface area contributed by atoms with Gasteiger partial charge in [-0.3, -0.25) is 9.89 Å². The Bertz CT molecular complexity index is 860. The molecule has 172 valence electrons. The summed E-state index contributed by atoms with van der Waals surface area (Å²) in [6.45, 7) is 6.34. The molecule has 8 heteroatoms. The zero-order valence-electron chi connectivity index (χ0n) is 18.9. The summed E-state index contributed by atoms with van der Waals surface area (Å²) in [6.07, 6.45) is 5.93. The third kappa shape index (κ3) is 5.59. The number of piperidine rings is 2. The molecule has 3 fully saturated rings. The average molecular weight is 448 g/mol. The van der Waals surface area contributed by atoms with Crippen molar-refractivity contribution in [1.82, 2.24) is 19.4 Å². The summed E-state index contributed by atoms with van der Waals surface area (Å²) in [5, 5.41) is 3.54. The second-order valence-electron chi connectivity index (χ2n) is 9.36. The van der Waals surface area contributed by atoms with E-state index in [4.69, 9.17) is 0 Å². The number of rotatable bonds is 5. The Balaban J connectivity index is 1.30. The second kappa shape index (κ2) is 9.88. The van der Waals surface area contributed by atoms with Gasteiger partial charge in [-0.25, -0.2) is 12.7 Å². The van der Waals surface area contributed by atoms with Crippen LogP contribution in [0.2, 0.25) is 0 Å². The summed E-state index contributed by atoms with van der Waals surface area (Å²) in [5.41, 5.74) is 1.41. The quantitative estimate of drug-likeness (QED) is 0.551. The molecule has 1 aromatic rings. The van der Waals surface area contributed by atoms with E-state index in [1.165, 1.54) is 37.6 Å². The van der Waals surface area contributed by atoms with Crippen molar-refractivity contribution in [2.24, 2.45) is 16.8 Å². The molecule has 3 unspecified atom stereocenters. The molecule has 1 aromatic carbocycles. The van der Waals surface area contributed by atoms with E-state index >= 15 is 0 Å². The summed E-state index contributed by atoms with van der Waals surface area (Å²) in [4.78, 5) is 9.65. The van der Waals surface area contributed by atoms with Gasteiger partial charge in [0.15, 0.2) is 5.96 Å². The molecular formula is C23H37N5O2S. The van der Waals surface area contributed by atoms with Gasteiger partial charge in [0.05, 0.1) is 6.26 Å². The van der Waals surface area contributed by atoms with Crippen molar-refractivity contribution in [3.63, 3.8) is 0 Å². The number of nitrogens with one attached hydrogen (secondary N) is 1. The van der Waals surface area contributed by atoms with Crippen molar-refractivity contribution in [2.45, 2.75) is 38.3 Å². The standard InChI is InChI=1S/C23H37N5O2S/c1-24-23(25-15-20-10-14-28(17-20)31(2,29)30)27-13-11-22-21(18-27)9-6-12-26(22)16-19-7-4-3-5-8-19/h3-5,7-8,20-22H,6,9-18H2,1-2H3,(H,24,25). The SMILES string of the molecule is CN=C(NCC1CCN(S(C)(=O)=O)C1)N1CCC2C(CCCN2Cc2ccccc2)C1. The lowest BCUT2D eigenvalue weighted by atomic mass is 9.83. The molecule has 3 saturated heterocycles. The lowest BCUT2D eigenvalue weighted by Crippen LogP contribution is -2.57. The monoisotopic (exact) mass is 447 g/mol. The van der Waals surface area contributed by atoms with Crippen molar-refractivity contribution in [3.05, 3.63) is 35.9 Å². The summed E-state index contributed by atoms with van der Waals surface area (Å²) in [6, 6.07) is 11.5. The Morgan fingerprint density at radius 2 is 1.90 bits per heavy atom. The Morgan fingerprint density at radius 1 is 1.10 bits per heavy atom. The van der Waals surface area contributed by atoms with E-state index in [9.17, 15) is 8.42 Å². The maximum atomic E-state index is 11.8. The van der Waals surface area contributed by atoms with Gasteiger partial charge in [-0.15, -0.1) is 0 Å². The van der Waals surface area contributed by atoms with Crippen LogP contribution in [-0.4, -0.2) is 87.1 Å². The van der Waals surface area contributed by atoms with Crippen molar-refractivity contribution >= 4 is 16.0 Å². The number of fused-ring (bicyclic) bond motifs is 1. The van der Waals surface area contributed by atoms with Crippen LogP contribution in [0.5, 0.6) is 0 Å². The maximum Gasteiger partial charge on any atom is 0.211 e. The van der Waals surface area contributed by atoms with Crippen molar-refractivity contribution in [2.75, 3.05) is 52.6 Å². The molecule has 4 rings (SSSR count). The van der Waals surface area contributed by atoms with Crippen LogP contribution >= 0.6 is 0 Å². The lowest BCUT2D eigenvalue weighted by molar-refractivity contribution is 0.0372. The molecule has 0 spiro atoms. The minimum Gasteiger partial charge on any atom is -0.356 e. The van der Waals surface area contributed by atoms with E-state index in [1.807, 2.05) is 7.05 Å². The van der Waals surface area contributed by atoms with Gasteiger partial charge in [0.2, 0.25) is 10.0 Å². The number of guanidine groups is 1. The molecule has 3 aliphatic rings. The highest BCUT2D eigenvalue weighted by atomic mass is 32.2. The number of hydrogen-bond donors (Lipinski definition) is 1. The molecule has 7 nitrogen and oxygen atoms in total. The van der Waals surface area contributed by atoms with Crippen LogP contribution in [0.3, 0.4) is 0 Å². The molecule has 1 N–H and O–H groups in total. The van der Waals surface area contributed by atoms with E-state index in [0.717, 1.165) is 38.6 Å². The maximum absolute atomic E-state index is 11.8. The molecule has 0 aromatic heterocycles. The molecular weight excluding hydrogens is 410 g/mol. The molecule has 0 amide bonds. The summed E-state index contributed by atoms with van der Waals surface area (Å²) in [5.74, 6) is 1.99. The predicted octanol–water partition coefficient (Wildman–Crippen LogP) is 1.83. The van der Waals surface area contributed by atoms with Crippen LogP contribution in [0.1, 0.15) is 31.2 Å². The summed E-state index contributed by atoms with van der Waals surface area (Å²) in [7, 11) is -1.23. The molecule has 0 radical (unpaired) electrons. The van der Waals surface area contributed by atoms with Gasteiger partial charge in [-0.05, 0) is 49.6 Å². The fourth-order valence-electron chi connectivity index (χ4n) is 5.55. The Hall–Kier alpha value is -1.64. The zero-order valence-corrected chi connectivity index (χ0v) is 19.7. The first-order chi connectivity index (χ1) is 14.9. The van der Waals surface area contributed by atoms with E-state index in [1.54, 1.807) is 4.31 Å². The molecule has 31 heavy (non-hydrogen) atoms. The Labute approximate surface area is 187 Å². The number of hydrogen-bond acceptors (Lipinski definition) is 4. The Morgan fingerprint density at radius 3 is 2.61 bits per heavy atom. The number of sulfonamides is 1. The van der Waals surface area contributed by atoms with Crippen LogP contribution in [-0.2, 0) is 16.6 Å². The summed E-state index contributed by atoms with van der Waals surface area (Å²) < 4.78 is 25.1. The van der Waals surface area contributed by atoms with Crippen molar-refractivity contribution < 1.29 is 8.42 Å². The fraction of sp³-hybridized carbons (Fsp3) is 0.696. The van der Waals surface area contributed by atoms with Crippen LogP contribution < -0.4 is 5.32 Å². The first kappa shape index (κ1) is 22.6. The van der Waals surface area contributed by atoms with Crippen LogP contribution in [0.4, 0.5) is 0 Å². The summed E-state index contributed by atoms with van der Waals surface area (Å²) >= 11 is 0. The van der Waals surface area contributed by atoms with E-state index in [2.05, 4.69) is 50.4 Å². The third-order valence-electron chi connectivity index (χ3n) is 7.19. The smallest absolute Gasteiger partial charge is 0.211 e. The van der Waals surface area contributed by atoms with E-state index in [-0.39, 0.29) is 0 Å². The number of aliphatic imine (C=N–C) groups is 1. The first-order valence-electron chi connectivity index (χ1n) is 11.6. The number of likely N-dealkylation sites (tertiary alicyclic amines) is 2. The van der Waals surface area contributed by atoms with Gasteiger partial charge >= 0.3 is 0 Å². The van der Waals surface area contributed by atoms with Crippen molar-refractivity contribution in [3.8, 4) is 0 Å². The highest BCUT2D eigenvalue weighted by Gasteiger charge is 2.37. The van der Waals surface area contributed by atoms with Gasteiger partial charge in [-0.2, -0.15) is 0 Å². The van der Waals surface area contributed by atoms with Crippen molar-refractivity contribution in [1.29, 1.82) is 0 Å². The lowest BCUT2D eigenvalue weighted by Gasteiger charge is -2.48. The molecule has 0 saturated carbocycles. The average Bonchev–Trinajstić information content (AvgIpc) is 3.25. The van der Waals surface area contributed by atoms with Crippen LogP contribution in [0.25, 0.3) is 0 Å². The predicted molar refractivity (Wildman–Crippen MR) is 125 cm³/mol. The fourth-order valence-corrected chi connectivity index (χ4v) is 6.46. The second-order valence-corrected chi connectivity index (χ2v) is 11.3. The molecule has 0 aliphatic carbocycles. The normalized spacial score (nSPS) is 28.5. The highest BCUT2D eigenvalue weighted by molar-refractivity contribution is 7.88. The van der Waals surface area contributed by atoms with Gasteiger partial charge < -0.3 is 10.2 Å². The largest absolute Gasteiger partial charge is 0.356 e. The number of benzene rings is 1. The Kier molecular flexibility index (Phi) is 7.19. The topological polar surface area (TPSA) is 68.2 Å². The van der Waals surface area contributed by atoms with Crippen LogP contribution in [0, 0.1) is 11.8 Å². The molecule has 0 bridgehead atoms. The van der Waals surface area contributed by atoms with Gasteiger partial charge in [0.25, 0.3) is 0 Å². The molecule has 3 aliphatic heterocycles. The van der Waals surface area contributed by atoms with Gasteiger partial charge in [0.1, 0.15) is 0 Å². The third-order valence-corrected chi connectivity index (χ3v) is 8.46. The van der Waals surface area contributed by atoms with E-state index in [0.29, 0.717) is 31.0 Å². The molecule has 3 heterocycles. The van der Waals surface area contributed by atoms with Gasteiger partial charge in [-0.1, -0.05) is 30.3 Å². The zero-order chi connectivity index (χ0) is 21.8. The van der Waals surface area contributed by atoms with Gasteiger partial charge in [0, 0.05) is 52.4 Å².